The Bertz CT molecular complexity index is 1070. The van der Waals surface area contributed by atoms with Crippen LogP contribution in [0.25, 0.3) is 0 Å². The molecule has 1 amide bonds. The normalized spacial score (nSPS) is 11.9. The molecule has 0 radical (unpaired) electrons. The molecule has 0 unspecified atom stereocenters. The van der Waals surface area contributed by atoms with Gasteiger partial charge in [0, 0.05) is 30.1 Å². The van der Waals surface area contributed by atoms with Gasteiger partial charge in [0.25, 0.3) is 5.91 Å². The average molecular weight is 466 g/mol. The molecule has 0 aliphatic rings. The van der Waals surface area contributed by atoms with E-state index in [1.54, 1.807) is 34.5 Å². The maximum absolute atomic E-state index is 14.2. The number of amides is 1. The number of carbonyl (C=O) groups excluding carboxylic acids is 1. The van der Waals surface area contributed by atoms with E-state index in [1.165, 1.54) is 23.5 Å². The van der Waals surface area contributed by atoms with Crippen LogP contribution in [0.5, 0.6) is 0 Å². The summed E-state index contributed by atoms with van der Waals surface area (Å²) in [5.74, 6) is -0.682. The third-order valence-corrected chi connectivity index (χ3v) is 5.41. The van der Waals surface area contributed by atoms with Crippen molar-refractivity contribution in [2.24, 2.45) is 0 Å². The van der Waals surface area contributed by atoms with E-state index in [0.29, 0.717) is 16.1 Å². The van der Waals surface area contributed by atoms with Gasteiger partial charge >= 0.3 is 6.18 Å². The second-order valence-electron chi connectivity index (χ2n) is 7.69. The van der Waals surface area contributed by atoms with Gasteiger partial charge in [0.05, 0.1) is 12.1 Å². The van der Waals surface area contributed by atoms with Crippen LogP contribution in [0.3, 0.4) is 0 Å². The van der Waals surface area contributed by atoms with Crippen LogP contribution >= 0.6 is 11.3 Å². The van der Waals surface area contributed by atoms with Gasteiger partial charge in [0.1, 0.15) is 16.5 Å². The van der Waals surface area contributed by atoms with E-state index in [9.17, 15) is 22.4 Å². The van der Waals surface area contributed by atoms with Crippen LogP contribution in [0.15, 0.2) is 53.9 Å². The molecule has 2 aromatic carbocycles. The van der Waals surface area contributed by atoms with Gasteiger partial charge in [-0.1, -0.05) is 36.4 Å². The minimum atomic E-state index is -4.44. The van der Waals surface area contributed by atoms with Crippen molar-refractivity contribution in [3.05, 3.63) is 87.1 Å². The zero-order valence-electron chi connectivity index (χ0n) is 17.6. The molecule has 0 bridgehead atoms. The van der Waals surface area contributed by atoms with Crippen molar-refractivity contribution in [2.45, 2.75) is 45.7 Å². The first-order chi connectivity index (χ1) is 15.1. The topological polar surface area (TPSA) is 45.2 Å². The van der Waals surface area contributed by atoms with Crippen molar-refractivity contribution in [1.82, 2.24) is 15.2 Å². The van der Waals surface area contributed by atoms with Crippen molar-refractivity contribution in [2.75, 3.05) is 0 Å². The Morgan fingerprint density at radius 1 is 1.09 bits per heavy atom. The molecule has 32 heavy (non-hydrogen) atoms. The smallest absolute Gasteiger partial charge is 0.349 e. The monoisotopic (exact) mass is 465 g/mol. The highest BCUT2D eigenvalue weighted by atomic mass is 32.1. The van der Waals surface area contributed by atoms with E-state index in [2.05, 4.69) is 10.3 Å². The second kappa shape index (κ2) is 10.2. The summed E-state index contributed by atoms with van der Waals surface area (Å²) in [4.78, 5) is 18.3. The average Bonchev–Trinajstić information content (AvgIpc) is 3.17. The number of hydrogen-bond donors (Lipinski definition) is 1. The Morgan fingerprint density at radius 2 is 1.84 bits per heavy atom. The van der Waals surface area contributed by atoms with E-state index in [1.807, 2.05) is 13.8 Å². The Morgan fingerprint density at radius 3 is 2.53 bits per heavy atom. The predicted molar refractivity (Wildman–Crippen MR) is 116 cm³/mol. The fourth-order valence-electron chi connectivity index (χ4n) is 3.15. The summed E-state index contributed by atoms with van der Waals surface area (Å²) in [6.07, 6.45) is -4.44. The highest BCUT2D eigenvalue weighted by molar-refractivity contribution is 7.09. The first-order valence-corrected chi connectivity index (χ1v) is 10.9. The molecule has 0 aliphatic heterocycles. The number of alkyl halides is 3. The van der Waals surface area contributed by atoms with Crippen molar-refractivity contribution >= 4 is 17.2 Å². The van der Waals surface area contributed by atoms with Gasteiger partial charge in [-0.2, -0.15) is 13.2 Å². The van der Waals surface area contributed by atoms with Crippen molar-refractivity contribution < 1.29 is 22.4 Å². The van der Waals surface area contributed by atoms with Crippen LogP contribution in [0, 0.1) is 5.82 Å². The van der Waals surface area contributed by atoms with Crippen LogP contribution in [0.4, 0.5) is 17.6 Å². The summed E-state index contributed by atoms with van der Waals surface area (Å²) < 4.78 is 53.6. The van der Waals surface area contributed by atoms with Gasteiger partial charge in [-0.15, -0.1) is 11.3 Å². The molecule has 1 N–H and O–H groups in total. The first-order valence-electron chi connectivity index (χ1n) is 9.99. The molecule has 9 heteroatoms. The summed E-state index contributed by atoms with van der Waals surface area (Å²) in [6, 6.07) is 11.3. The van der Waals surface area contributed by atoms with E-state index < -0.39 is 17.6 Å². The van der Waals surface area contributed by atoms with Crippen LogP contribution in [0.1, 0.15) is 46.0 Å². The third-order valence-electron chi connectivity index (χ3n) is 4.58. The molecule has 170 valence electrons. The Kier molecular flexibility index (Phi) is 7.63. The zero-order chi connectivity index (χ0) is 23.3. The number of rotatable bonds is 8. The summed E-state index contributed by atoms with van der Waals surface area (Å²) >= 11 is 1.28. The predicted octanol–water partition coefficient (Wildman–Crippen LogP) is 5.64. The van der Waals surface area contributed by atoms with Crippen LogP contribution < -0.4 is 5.32 Å². The summed E-state index contributed by atoms with van der Waals surface area (Å²) in [5, 5.41) is 5.02. The van der Waals surface area contributed by atoms with Gasteiger partial charge in [-0.3, -0.25) is 9.69 Å². The van der Waals surface area contributed by atoms with E-state index in [-0.39, 0.29) is 37.3 Å². The van der Waals surface area contributed by atoms with E-state index in [0.717, 1.165) is 12.1 Å². The van der Waals surface area contributed by atoms with Gasteiger partial charge < -0.3 is 5.32 Å². The Balaban J connectivity index is 1.83. The number of halogens is 4. The maximum Gasteiger partial charge on any atom is 0.416 e. The lowest BCUT2D eigenvalue weighted by Crippen LogP contribution is -2.30. The second-order valence-corrected chi connectivity index (χ2v) is 8.63. The van der Waals surface area contributed by atoms with E-state index in [4.69, 9.17) is 0 Å². The lowest BCUT2D eigenvalue weighted by Gasteiger charge is -2.22. The molecule has 3 rings (SSSR count). The molecule has 0 saturated carbocycles. The number of benzene rings is 2. The quantitative estimate of drug-likeness (QED) is 0.438. The summed E-state index contributed by atoms with van der Waals surface area (Å²) in [7, 11) is 0. The van der Waals surface area contributed by atoms with Crippen molar-refractivity contribution in [3.8, 4) is 0 Å². The number of thiazole rings is 1. The fourth-order valence-corrected chi connectivity index (χ4v) is 3.97. The van der Waals surface area contributed by atoms with Crippen LogP contribution in [-0.4, -0.2) is 21.8 Å². The Hall–Kier alpha value is -2.78. The van der Waals surface area contributed by atoms with Crippen LogP contribution in [-0.2, 0) is 25.8 Å². The van der Waals surface area contributed by atoms with Crippen molar-refractivity contribution in [3.63, 3.8) is 0 Å². The molecule has 0 atom stereocenters. The minimum absolute atomic E-state index is 0.0360. The number of carbonyl (C=O) groups is 1. The molecule has 1 aromatic heterocycles. The van der Waals surface area contributed by atoms with Crippen molar-refractivity contribution in [1.29, 1.82) is 0 Å². The fraction of sp³-hybridized carbons (Fsp3) is 0.304. The zero-order valence-corrected chi connectivity index (χ0v) is 18.4. The highest BCUT2D eigenvalue weighted by Crippen LogP contribution is 2.30. The minimum Gasteiger partial charge on any atom is -0.349 e. The van der Waals surface area contributed by atoms with Crippen LogP contribution in [0.2, 0.25) is 0 Å². The van der Waals surface area contributed by atoms with Gasteiger partial charge in [-0.05, 0) is 31.5 Å². The first kappa shape index (κ1) is 23.9. The SMILES string of the molecule is CC(C)NC(=O)c1csc(CN(Cc2cccc(C(F)(F)F)c2)Cc2ccccc2F)n1. The lowest BCUT2D eigenvalue weighted by atomic mass is 10.1. The van der Waals surface area contributed by atoms with E-state index >= 15 is 0 Å². The third kappa shape index (κ3) is 6.61. The molecule has 4 nitrogen and oxygen atoms in total. The molecule has 1 heterocycles. The maximum atomic E-state index is 14.2. The molecule has 0 spiro atoms. The number of hydrogen-bond acceptors (Lipinski definition) is 4. The molecule has 3 aromatic rings. The molecule has 0 fully saturated rings. The van der Waals surface area contributed by atoms with Gasteiger partial charge in [0.2, 0.25) is 0 Å². The number of aromatic nitrogens is 1. The van der Waals surface area contributed by atoms with Gasteiger partial charge in [0.15, 0.2) is 0 Å². The largest absolute Gasteiger partial charge is 0.416 e. The Labute approximate surface area is 187 Å². The lowest BCUT2D eigenvalue weighted by molar-refractivity contribution is -0.137. The molecule has 0 saturated heterocycles. The standard InChI is InChI=1S/C23H23F4N3OS/c1-15(2)28-22(31)20-14-32-21(29-20)13-30(12-17-7-3-4-9-19(17)24)11-16-6-5-8-18(10-16)23(25,26)27/h3-10,14-15H,11-13H2,1-2H3,(H,28,31). The summed E-state index contributed by atoms with van der Waals surface area (Å²) in [6.45, 7) is 4.28. The molecular weight excluding hydrogens is 442 g/mol. The molecular formula is C23H23F4N3OS. The summed E-state index contributed by atoms with van der Waals surface area (Å²) in [5.41, 5.74) is 0.422. The highest BCUT2D eigenvalue weighted by Gasteiger charge is 2.30. The van der Waals surface area contributed by atoms with Gasteiger partial charge in [-0.25, -0.2) is 9.37 Å². The molecule has 0 aliphatic carbocycles. The number of nitrogens with zero attached hydrogens (tertiary/aromatic N) is 2. The number of nitrogens with one attached hydrogen (secondary N) is 1.